The number of fused-ring (bicyclic) bond motifs is 3. The van der Waals surface area contributed by atoms with Gasteiger partial charge >= 0.3 is 0 Å². The second kappa shape index (κ2) is 5.45. The quantitative estimate of drug-likeness (QED) is 0.513. The number of benzene rings is 1. The Morgan fingerprint density at radius 2 is 2.00 bits per heavy atom. The van der Waals surface area contributed by atoms with Crippen LogP contribution in [0.15, 0.2) is 42.6 Å². The molecule has 0 radical (unpaired) electrons. The number of nitrogens with one attached hydrogen (secondary N) is 1. The van der Waals surface area contributed by atoms with Crippen molar-refractivity contribution < 1.29 is 0 Å². The number of hydrogen-bond donors (Lipinski definition) is 1. The molecule has 2 aromatic rings. The summed E-state index contributed by atoms with van der Waals surface area (Å²) in [6.45, 7) is 0. The Kier molecular flexibility index (Phi) is 3.56. The van der Waals surface area contributed by atoms with E-state index in [9.17, 15) is 0 Å². The molecular weight excluding hydrogens is 339 g/mol. The summed E-state index contributed by atoms with van der Waals surface area (Å²) >= 11 is 19.1. The molecule has 0 amide bonds. The Balaban J connectivity index is 1.88. The van der Waals surface area contributed by atoms with Gasteiger partial charge in [0.2, 0.25) is 0 Å². The summed E-state index contributed by atoms with van der Waals surface area (Å²) in [5.74, 6) is 0.585. The topological polar surface area (TPSA) is 24.9 Å². The highest BCUT2D eigenvalue weighted by Gasteiger charge is 2.40. The minimum atomic E-state index is 0.114. The summed E-state index contributed by atoms with van der Waals surface area (Å²) in [5, 5.41) is 5.24. The van der Waals surface area contributed by atoms with E-state index in [2.05, 4.69) is 22.5 Å². The van der Waals surface area contributed by atoms with Gasteiger partial charge in [0.25, 0.3) is 0 Å². The van der Waals surface area contributed by atoms with Crippen molar-refractivity contribution in [2.45, 2.75) is 18.4 Å². The fourth-order valence-electron chi connectivity index (χ4n) is 3.51. The molecule has 2 nitrogen and oxygen atoms in total. The minimum absolute atomic E-state index is 0.114. The second-order valence-corrected chi connectivity index (χ2v) is 6.87. The van der Waals surface area contributed by atoms with Gasteiger partial charge in [-0.1, -0.05) is 53.0 Å². The average molecular weight is 352 g/mol. The number of pyridine rings is 1. The molecule has 0 saturated carbocycles. The van der Waals surface area contributed by atoms with E-state index in [0.717, 1.165) is 23.4 Å². The van der Waals surface area contributed by atoms with Crippen molar-refractivity contribution in [3.8, 4) is 0 Å². The van der Waals surface area contributed by atoms with E-state index in [1.807, 2.05) is 24.4 Å². The number of halogens is 3. The molecule has 1 N–H and O–H groups in total. The van der Waals surface area contributed by atoms with Crippen LogP contribution < -0.4 is 5.32 Å². The Morgan fingerprint density at radius 1 is 1.14 bits per heavy atom. The molecule has 0 saturated heterocycles. The molecule has 2 heterocycles. The summed E-state index contributed by atoms with van der Waals surface area (Å²) in [4.78, 5) is 4.51. The van der Waals surface area contributed by atoms with Gasteiger partial charge in [-0.25, -0.2) is 0 Å². The SMILES string of the molecule is Clc1cc(Cl)c2c(c1Cl)[C@@H]1C=CC[C@@H]1[C@H](c1ccccn1)N2. The zero-order chi connectivity index (χ0) is 15.3. The van der Waals surface area contributed by atoms with E-state index in [4.69, 9.17) is 34.8 Å². The van der Waals surface area contributed by atoms with Gasteiger partial charge in [-0.05, 0) is 30.5 Å². The molecule has 4 rings (SSSR count). The number of nitrogens with zero attached hydrogens (tertiary/aromatic N) is 1. The zero-order valence-electron chi connectivity index (χ0n) is 11.6. The molecule has 0 fully saturated rings. The summed E-state index contributed by atoms with van der Waals surface area (Å²) in [6.07, 6.45) is 7.21. The summed E-state index contributed by atoms with van der Waals surface area (Å²) in [7, 11) is 0. The van der Waals surface area contributed by atoms with Crippen molar-refractivity contribution in [3.63, 3.8) is 0 Å². The molecular formula is C17H13Cl3N2. The molecule has 0 bridgehead atoms. The van der Waals surface area contributed by atoms with Crippen LogP contribution >= 0.6 is 34.8 Å². The third-order valence-electron chi connectivity index (χ3n) is 4.49. The third-order valence-corrected chi connectivity index (χ3v) is 5.59. The van der Waals surface area contributed by atoms with Crippen molar-refractivity contribution in [3.05, 3.63) is 68.9 Å². The van der Waals surface area contributed by atoms with Crippen LogP contribution in [0.4, 0.5) is 5.69 Å². The van der Waals surface area contributed by atoms with Gasteiger partial charge in [0, 0.05) is 17.7 Å². The Hall–Kier alpha value is -1.22. The first kappa shape index (κ1) is 14.4. The summed E-state index contributed by atoms with van der Waals surface area (Å²) in [6, 6.07) is 7.79. The molecule has 1 aliphatic heterocycles. The highest BCUT2D eigenvalue weighted by molar-refractivity contribution is 6.44. The van der Waals surface area contributed by atoms with Gasteiger partial charge < -0.3 is 5.32 Å². The van der Waals surface area contributed by atoms with Gasteiger partial charge in [-0.3, -0.25) is 4.98 Å². The Labute approximate surface area is 144 Å². The van der Waals surface area contributed by atoms with Crippen LogP contribution in [0, 0.1) is 5.92 Å². The first-order chi connectivity index (χ1) is 10.7. The highest BCUT2D eigenvalue weighted by atomic mass is 35.5. The average Bonchev–Trinajstić information content (AvgIpc) is 3.01. The number of rotatable bonds is 1. The third kappa shape index (κ3) is 2.13. The molecule has 3 atom stereocenters. The molecule has 22 heavy (non-hydrogen) atoms. The lowest BCUT2D eigenvalue weighted by atomic mass is 9.78. The molecule has 1 aromatic heterocycles. The monoisotopic (exact) mass is 350 g/mol. The number of hydrogen-bond acceptors (Lipinski definition) is 2. The fraction of sp³-hybridized carbons (Fsp3) is 0.235. The Bertz CT molecular complexity index is 758. The van der Waals surface area contributed by atoms with Crippen LogP contribution in [0.5, 0.6) is 0 Å². The largest absolute Gasteiger partial charge is 0.375 e. The number of allylic oxidation sites excluding steroid dienone is 2. The highest BCUT2D eigenvalue weighted by Crippen LogP contribution is 2.54. The van der Waals surface area contributed by atoms with Gasteiger partial charge in [0.1, 0.15) is 0 Å². The van der Waals surface area contributed by atoms with Crippen LogP contribution in [-0.2, 0) is 0 Å². The van der Waals surface area contributed by atoms with Gasteiger partial charge in [-0.15, -0.1) is 0 Å². The van der Waals surface area contributed by atoms with Crippen LogP contribution in [0.1, 0.15) is 29.6 Å². The van der Waals surface area contributed by atoms with E-state index in [-0.39, 0.29) is 12.0 Å². The van der Waals surface area contributed by atoms with Crippen molar-refractivity contribution in [1.29, 1.82) is 0 Å². The minimum Gasteiger partial charge on any atom is -0.375 e. The zero-order valence-corrected chi connectivity index (χ0v) is 13.8. The van der Waals surface area contributed by atoms with E-state index >= 15 is 0 Å². The van der Waals surface area contributed by atoms with Crippen molar-refractivity contribution in [1.82, 2.24) is 4.98 Å². The summed E-state index contributed by atoms with van der Waals surface area (Å²) in [5.41, 5.74) is 2.90. The van der Waals surface area contributed by atoms with Crippen LogP contribution in [0.3, 0.4) is 0 Å². The lowest BCUT2D eigenvalue weighted by Crippen LogP contribution is -2.30. The Morgan fingerprint density at radius 3 is 2.77 bits per heavy atom. The fourth-order valence-corrected chi connectivity index (χ4v) is 4.32. The predicted molar refractivity (Wildman–Crippen MR) is 92.1 cm³/mol. The van der Waals surface area contributed by atoms with Crippen LogP contribution in [0.2, 0.25) is 15.1 Å². The smallest absolute Gasteiger partial charge is 0.0725 e. The maximum atomic E-state index is 6.46. The van der Waals surface area contributed by atoms with E-state index in [0.29, 0.717) is 21.0 Å². The first-order valence-corrected chi connectivity index (χ1v) is 8.31. The van der Waals surface area contributed by atoms with Gasteiger partial charge in [0.15, 0.2) is 0 Å². The van der Waals surface area contributed by atoms with E-state index in [1.54, 1.807) is 6.07 Å². The van der Waals surface area contributed by atoms with Crippen LogP contribution in [-0.4, -0.2) is 4.98 Å². The molecule has 1 aliphatic carbocycles. The normalized spacial score (nSPS) is 25.5. The van der Waals surface area contributed by atoms with Crippen LogP contribution in [0.25, 0.3) is 0 Å². The molecule has 112 valence electrons. The lowest BCUT2D eigenvalue weighted by molar-refractivity contribution is 0.419. The van der Waals surface area contributed by atoms with Gasteiger partial charge in [0.05, 0.1) is 32.5 Å². The van der Waals surface area contributed by atoms with Crippen molar-refractivity contribution >= 4 is 40.5 Å². The maximum absolute atomic E-state index is 6.46. The second-order valence-electron chi connectivity index (χ2n) is 5.67. The standard InChI is InChI=1S/C17H13Cl3N2/c18-11-8-12(19)17-14(15(11)20)9-4-3-5-10(9)16(22-17)13-6-1-2-7-21-13/h1-4,6-10,16,22H,5H2/t9-,10+,16-/m1/s1. The van der Waals surface area contributed by atoms with E-state index < -0.39 is 0 Å². The predicted octanol–water partition coefficient (Wildman–Crippen LogP) is 5.87. The maximum Gasteiger partial charge on any atom is 0.0725 e. The molecule has 1 aromatic carbocycles. The molecule has 2 aliphatic rings. The molecule has 5 heteroatoms. The summed E-state index contributed by atoms with van der Waals surface area (Å²) < 4.78 is 0. The first-order valence-electron chi connectivity index (χ1n) is 7.18. The van der Waals surface area contributed by atoms with Crippen molar-refractivity contribution in [2.24, 2.45) is 5.92 Å². The number of aromatic nitrogens is 1. The van der Waals surface area contributed by atoms with Gasteiger partial charge in [-0.2, -0.15) is 0 Å². The molecule has 0 unspecified atom stereocenters. The lowest BCUT2D eigenvalue weighted by Gasteiger charge is -2.38. The van der Waals surface area contributed by atoms with Crippen molar-refractivity contribution in [2.75, 3.05) is 5.32 Å². The number of anilines is 1. The molecule has 0 spiro atoms. The van der Waals surface area contributed by atoms with E-state index in [1.165, 1.54) is 0 Å².